The number of hydrogen-bond donors (Lipinski definition) is 3. The van der Waals surface area contributed by atoms with E-state index in [2.05, 4.69) is 43.7 Å². The van der Waals surface area contributed by atoms with Gasteiger partial charge < -0.3 is 16.0 Å². The molecule has 0 saturated heterocycles. The molecule has 3 N–H and O–H groups in total. The van der Waals surface area contributed by atoms with Gasteiger partial charge in [0.1, 0.15) is 5.82 Å². The van der Waals surface area contributed by atoms with Crippen LogP contribution in [0.2, 0.25) is 0 Å². The first-order chi connectivity index (χ1) is 17.6. The molecule has 2 heterocycles. The molecule has 0 saturated carbocycles. The minimum absolute atomic E-state index is 0.267. The van der Waals surface area contributed by atoms with Crippen LogP contribution in [0.5, 0.6) is 0 Å². The van der Waals surface area contributed by atoms with Crippen LogP contribution in [-0.2, 0) is 0 Å². The van der Waals surface area contributed by atoms with Crippen LogP contribution in [0.3, 0.4) is 0 Å². The number of anilines is 4. The first-order valence-electron chi connectivity index (χ1n) is 11.1. The van der Waals surface area contributed by atoms with Crippen molar-refractivity contribution in [1.82, 2.24) is 9.97 Å². The summed E-state index contributed by atoms with van der Waals surface area (Å²) in [6.45, 7) is 5.32. The fraction of sp³-hybridized carbons (Fsp3) is 0.0357. The van der Waals surface area contributed by atoms with Crippen molar-refractivity contribution >= 4 is 46.4 Å². The number of hydrogen-bond acceptors (Lipinski definition) is 7. The molecule has 0 spiro atoms. The van der Waals surface area contributed by atoms with Gasteiger partial charge in [0.25, 0.3) is 5.91 Å². The van der Waals surface area contributed by atoms with Gasteiger partial charge >= 0.3 is 0 Å². The van der Waals surface area contributed by atoms with E-state index >= 15 is 0 Å². The Bertz CT molecular complexity index is 1500. The number of allylic oxidation sites excluding steroid dienone is 2. The van der Waals surface area contributed by atoms with Crippen molar-refractivity contribution in [3.8, 4) is 6.07 Å². The van der Waals surface area contributed by atoms with E-state index in [1.807, 2.05) is 43.3 Å². The molecule has 8 heteroatoms. The molecule has 0 aliphatic rings. The largest absolute Gasteiger partial charge is 0.355 e. The van der Waals surface area contributed by atoms with E-state index in [1.54, 1.807) is 55.0 Å². The second-order valence-electron chi connectivity index (χ2n) is 7.66. The number of benzene rings is 2. The lowest BCUT2D eigenvalue weighted by Crippen LogP contribution is -2.13. The van der Waals surface area contributed by atoms with Gasteiger partial charge in [-0.3, -0.25) is 14.8 Å². The van der Waals surface area contributed by atoms with Crippen LogP contribution in [0, 0.1) is 11.3 Å². The molecule has 0 atom stereocenters. The molecule has 0 radical (unpaired) electrons. The zero-order valence-corrected chi connectivity index (χ0v) is 19.6. The molecular weight excluding hydrogens is 450 g/mol. The number of nitriles is 1. The third-order valence-corrected chi connectivity index (χ3v) is 5.26. The topological polar surface area (TPSA) is 115 Å². The molecule has 2 aromatic heterocycles. The normalized spacial score (nSPS) is 11.2. The van der Waals surface area contributed by atoms with Gasteiger partial charge in [0.05, 0.1) is 29.0 Å². The maximum Gasteiger partial charge on any atom is 0.256 e. The second kappa shape index (κ2) is 11.2. The molecule has 2 aromatic carbocycles. The maximum atomic E-state index is 12.7. The van der Waals surface area contributed by atoms with Crippen molar-refractivity contribution in [3.63, 3.8) is 0 Å². The summed E-state index contributed by atoms with van der Waals surface area (Å²) in [4.78, 5) is 25.0. The summed E-state index contributed by atoms with van der Waals surface area (Å²) in [5.74, 6) is 0.173. The minimum Gasteiger partial charge on any atom is -0.355 e. The summed E-state index contributed by atoms with van der Waals surface area (Å²) >= 11 is 0. The van der Waals surface area contributed by atoms with Crippen LogP contribution >= 0.6 is 0 Å². The predicted molar refractivity (Wildman–Crippen MR) is 144 cm³/mol. The van der Waals surface area contributed by atoms with E-state index in [4.69, 9.17) is 0 Å². The van der Waals surface area contributed by atoms with Crippen molar-refractivity contribution in [2.24, 2.45) is 4.99 Å². The molecular formula is C28H23N7O. The fourth-order valence-corrected chi connectivity index (χ4v) is 3.43. The highest BCUT2D eigenvalue weighted by atomic mass is 16.1. The Hall–Kier alpha value is -5.29. The third-order valence-electron chi connectivity index (χ3n) is 5.26. The third kappa shape index (κ3) is 5.79. The molecule has 0 fully saturated rings. The molecule has 0 aliphatic carbocycles. The number of nitrogens with zero attached hydrogens (tertiary/aromatic N) is 4. The number of nitrogens with one attached hydrogen (secondary N) is 3. The van der Waals surface area contributed by atoms with Crippen LogP contribution in [0.1, 0.15) is 22.8 Å². The SMILES string of the molecule is C=N/C=C\C(=C/C)Nc1ccc(NC(=O)c2ccc(Nc3ccnc4ccc(C#N)cc34)cc2)nc1. The Kier molecular flexibility index (Phi) is 7.44. The molecule has 1 amide bonds. The number of rotatable bonds is 8. The van der Waals surface area contributed by atoms with E-state index in [-0.39, 0.29) is 5.91 Å². The minimum atomic E-state index is -0.267. The molecule has 0 aliphatic heterocycles. The average Bonchev–Trinajstić information content (AvgIpc) is 2.92. The van der Waals surface area contributed by atoms with E-state index in [1.165, 1.54) is 0 Å². The van der Waals surface area contributed by atoms with Crippen molar-refractivity contribution in [2.45, 2.75) is 6.92 Å². The van der Waals surface area contributed by atoms with Gasteiger partial charge in [-0.15, -0.1) is 0 Å². The number of amides is 1. The highest BCUT2D eigenvalue weighted by Crippen LogP contribution is 2.26. The van der Waals surface area contributed by atoms with Crippen LogP contribution in [0.25, 0.3) is 10.9 Å². The number of fused-ring (bicyclic) bond motifs is 1. The van der Waals surface area contributed by atoms with Gasteiger partial charge in [0.15, 0.2) is 0 Å². The van der Waals surface area contributed by atoms with E-state index in [9.17, 15) is 10.1 Å². The van der Waals surface area contributed by atoms with Crippen LogP contribution in [0.15, 0.2) is 102 Å². The number of carbonyl (C=O) groups is 1. The fourth-order valence-electron chi connectivity index (χ4n) is 3.43. The van der Waals surface area contributed by atoms with E-state index in [0.29, 0.717) is 16.9 Å². The molecule has 0 bridgehead atoms. The van der Waals surface area contributed by atoms with Crippen molar-refractivity contribution in [3.05, 3.63) is 108 Å². The van der Waals surface area contributed by atoms with Gasteiger partial charge in [-0.25, -0.2) is 4.98 Å². The van der Waals surface area contributed by atoms with Gasteiger partial charge in [-0.05, 0) is 80.4 Å². The summed E-state index contributed by atoms with van der Waals surface area (Å²) in [5, 5.41) is 19.4. The highest BCUT2D eigenvalue weighted by molar-refractivity contribution is 6.04. The van der Waals surface area contributed by atoms with E-state index in [0.717, 1.165) is 33.7 Å². The predicted octanol–water partition coefficient (Wildman–Crippen LogP) is 6.03. The zero-order valence-electron chi connectivity index (χ0n) is 19.6. The Morgan fingerprint density at radius 2 is 1.83 bits per heavy atom. The van der Waals surface area contributed by atoms with Gasteiger partial charge in [-0.2, -0.15) is 5.26 Å². The molecule has 0 unspecified atom stereocenters. The lowest BCUT2D eigenvalue weighted by Gasteiger charge is -2.11. The van der Waals surface area contributed by atoms with Crippen molar-refractivity contribution in [1.29, 1.82) is 5.26 Å². The summed E-state index contributed by atoms with van der Waals surface area (Å²) in [6, 6.07) is 20.0. The number of carbonyl (C=O) groups excluding carboxylic acids is 1. The summed E-state index contributed by atoms with van der Waals surface area (Å²) < 4.78 is 0. The maximum absolute atomic E-state index is 12.7. The van der Waals surface area contributed by atoms with E-state index < -0.39 is 0 Å². The Morgan fingerprint density at radius 3 is 2.53 bits per heavy atom. The molecule has 8 nitrogen and oxygen atoms in total. The quantitative estimate of drug-likeness (QED) is 0.213. The van der Waals surface area contributed by atoms with Gasteiger partial charge in [0, 0.05) is 40.4 Å². The Morgan fingerprint density at radius 1 is 1.03 bits per heavy atom. The smallest absolute Gasteiger partial charge is 0.256 e. The summed E-state index contributed by atoms with van der Waals surface area (Å²) in [6.07, 6.45) is 8.63. The number of pyridine rings is 2. The van der Waals surface area contributed by atoms with Crippen molar-refractivity contribution < 1.29 is 4.79 Å². The first kappa shape index (κ1) is 23.9. The molecule has 36 heavy (non-hydrogen) atoms. The Balaban J connectivity index is 1.41. The van der Waals surface area contributed by atoms with Crippen LogP contribution < -0.4 is 16.0 Å². The average molecular weight is 474 g/mol. The Labute approximate surface area is 208 Å². The second-order valence-corrected chi connectivity index (χ2v) is 7.66. The zero-order chi connectivity index (χ0) is 25.3. The standard InChI is InChI=1S/C28H23N7O/c1-3-21(12-14-30-2)33-23-9-11-27(32-18-23)35-28(36)20-5-7-22(8-6-20)34-26-13-15-31-25-10-4-19(17-29)16-24(25)26/h3-16,18,33H,2H2,1H3,(H,31,34)(H,32,35,36)/b14-12-,21-3+. The molecule has 176 valence electrons. The molecule has 4 aromatic rings. The van der Waals surface area contributed by atoms with Crippen LogP contribution in [0.4, 0.5) is 22.9 Å². The summed E-state index contributed by atoms with van der Waals surface area (Å²) in [7, 11) is 0. The summed E-state index contributed by atoms with van der Waals surface area (Å²) in [5.41, 5.74) is 5.09. The number of aromatic nitrogens is 2. The van der Waals surface area contributed by atoms with Crippen LogP contribution in [-0.4, -0.2) is 22.6 Å². The van der Waals surface area contributed by atoms with Gasteiger partial charge in [-0.1, -0.05) is 6.08 Å². The lowest BCUT2D eigenvalue weighted by atomic mass is 10.1. The van der Waals surface area contributed by atoms with Gasteiger partial charge in [0.2, 0.25) is 0 Å². The monoisotopic (exact) mass is 473 g/mol. The highest BCUT2D eigenvalue weighted by Gasteiger charge is 2.09. The number of aliphatic imine (C=N–C) groups is 1. The van der Waals surface area contributed by atoms with Crippen molar-refractivity contribution in [2.75, 3.05) is 16.0 Å². The first-order valence-corrected chi connectivity index (χ1v) is 11.1. The lowest BCUT2D eigenvalue weighted by molar-refractivity contribution is 0.102. The molecule has 4 rings (SSSR count).